The molecule has 0 heterocycles. The standard InChI is InChI=1S/C15H16F2N2/c1-10-7-14(17)6-5-11(10)9-15(19-18)12-3-2-4-13(16)8-12/h2-8,15,19H,9,18H2,1H3. The molecule has 2 rings (SSSR count). The first-order valence-corrected chi connectivity index (χ1v) is 6.07. The summed E-state index contributed by atoms with van der Waals surface area (Å²) in [6, 6.07) is 10.7. The van der Waals surface area contributed by atoms with E-state index in [2.05, 4.69) is 5.43 Å². The number of benzene rings is 2. The number of hydrazine groups is 1. The summed E-state index contributed by atoms with van der Waals surface area (Å²) in [5.74, 6) is 4.98. The van der Waals surface area contributed by atoms with Gasteiger partial charge >= 0.3 is 0 Å². The summed E-state index contributed by atoms with van der Waals surface area (Å²) in [5, 5.41) is 0. The average molecular weight is 262 g/mol. The minimum absolute atomic E-state index is 0.208. The molecule has 0 aliphatic rings. The lowest BCUT2D eigenvalue weighted by atomic mass is 9.96. The van der Waals surface area contributed by atoms with Gasteiger partial charge in [0, 0.05) is 0 Å². The highest BCUT2D eigenvalue weighted by molar-refractivity contribution is 5.30. The zero-order valence-corrected chi connectivity index (χ0v) is 10.7. The maximum absolute atomic E-state index is 13.2. The van der Waals surface area contributed by atoms with Crippen LogP contribution in [0.4, 0.5) is 8.78 Å². The number of halogens is 2. The highest BCUT2D eigenvalue weighted by Crippen LogP contribution is 2.21. The van der Waals surface area contributed by atoms with Gasteiger partial charge in [0.1, 0.15) is 11.6 Å². The highest BCUT2D eigenvalue weighted by atomic mass is 19.1. The van der Waals surface area contributed by atoms with Crippen LogP contribution in [0.1, 0.15) is 22.7 Å². The largest absolute Gasteiger partial charge is 0.271 e. The van der Waals surface area contributed by atoms with Crippen LogP contribution in [-0.4, -0.2) is 0 Å². The molecule has 1 unspecified atom stereocenters. The van der Waals surface area contributed by atoms with Gasteiger partial charge in [0.25, 0.3) is 0 Å². The summed E-state index contributed by atoms with van der Waals surface area (Å²) in [7, 11) is 0. The molecule has 0 spiro atoms. The number of nitrogens with two attached hydrogens (primary N) is 1. The van der Waals surface area contributed by atoms with Crippen molar-refractivity contribution in [2.24, 2.45) is 5.84 Å². The van der Waals surface area contributed by atoms with Crippen LogP contribution >= 0.6 is 0 Å². The molecule has 0 aliphatic carbocycles. The SMILES string of the molecule is Cc1cc(F)ccc1CC(NN)c1cccc(F)c1. The second-order valence-electron chi connectivity index (χ2n) is 4.55. The minimum atomic E-state index is -0.298. The second kappa shape index (κ2) is 5.91. The van der Waals surface area contributed by atoms with Crippen LogP contribution in [0.5, 0.6) is 0 Å². The van der Waals surface area contributed by atoms with Crippen molar-refractivity contribution >= 4 is 0 Å². The van der Waals surface area contributed by atoms with Crippen LogP contribution < -0.4 is 11.3 Å². The predicted molar refractivity (Wildman–Crippen MR) is 71.3 cm³/mol. The number of aryl methyl sites for hydroxylation is 1. The Labute approximate surface area is 111 Å². The van der Waals surface area contributed by atoms with Gasteiger partial charge in [-0.1, -0.05) is 18.2 Å². The lowest BCUT2D eigenvalue weighted by molar-refractivity contribution is 0.542. The van der Waals surface area contributed by atoms with Gasteiger partial charge in [0.05, 0.1) is 6.04 Å². The molecule has 2 aromatic rings. The highest BCUT2D eigenvalue weighted by Gasteiger charge is 2.12. The van der Waals surface area contributed by atoms with Crippen LogP contribution in [0, 0.1) is 18.6 Å². The number of nitrogens with one attached hydrogen (secondary N) is 1. The van der Waals surface area contributed by atoms with Crippen molar-refractivity contribution in [3.63, 3.8) is 0 Å². The first-order chi connectivity index (χ1) is 9.10. The molecular formula is C15H16F2N2. The van der Waals surface area contributed by atoms with Crippen molar-refractivity contribution < 1.29 is 8.78 Å². The summed E-state index contributed by atoms with van der Waals surface area (Å²) in [4.78, 5) is 0. The molecule has 0 bridgehead atoms. The van der Waals surface area contributed by atoms with Crippen LogP contribution in [0.15, 0.2) is 42.5 Å². The lowest BCUT2D eigenvalue weighted by Crippen LogP contribution is -2.29. The van der Waals surface area contributed by atoms with E-state index in [1.165, 1.54) is 24.3 Å². The van der Waals surface area contributed by atoms with Gasteiger partial charge in [-0.25, -0.2) is 8.78 Å². The van der Waals surface area contributed by atoms with Gasteiger partial charge in [0.15, 0.2) is 0 Å². The van der Waals surface area contributed by atoms with Crippen LogP contribution in [0.25, 0.3) is 0 Å². The molecule has 0 aliphatic heterocycles. The van der Waals surface area contributed by atoms with Crippen molar-refractivity contribution in [1.29, 1.82) is 0 Å². The van der Waals surface area contributed by atoms with Crippen molar-refractivity contribution in [3.8, 4) is 0 Å². The Morgan fingerprint density at radius 1 is 1.11 bits per heavy atom. The van der Waals surface area contributed by atoms with Crippen molar-refractivity contribution in [2.45, 2.75) is 19.4 Å². The molecule has 19 heavy (non-hydrogen) atoms. The maximum atomic E-state index is 13.2. The van der Waals surface area contributed by atoms with E-state index in [1.54, 1.807) is 12.1 Å². The first kappa shape index (κ1) is 13.6. The van der Waals surface area contributed by atoms with Gasteiger partial charge in [-0.3, -0.25) is 11.3 Å². The molecule has 2 aromatic carbocycles. The molecule has 0 fully saturated rings. The van der Waals surface area contributed by atoms with E-state index < -0.39 is 0 Å². The van der Waals surface area contributed by atoms with E-state index in [4.69, 9.17) is 5.84 Å². The number of hydrogen-bond acceptors (Lipinski definition) is 2. The van der Waals surface area contributed by atoms with Crippen LogP contribution in [0.2, 0.25) is 0 Å². The van der Waals surface area contributed by atoms with E-state index in [9.17, 15) is 8.78 Å². The van der Waals surface area contributed by atoms with E-state index in [1.807, 2.05) is 13.0 Å². The molecular weight excluding hydrogens is 246 g/mol. The zero-order valence-electron chi connectivity index (χ0n) is 10.7. The predicted octanol–water partition coefficient (Wildman–Crippen LogP) is 3.02. The third kappa shape index (κ3) is 3.36. The molecule has 100 valence electrons. The average Bonchev–Trinajstić information content (AvgIpc) is 2.38. The van der Waals surface area contributed by atoms with Gasteiger partial charge in [0.2, 0.25) is 0 Å². The van der Waals surface area contributed by atoms with E-state index >= 15 is 0 Å². The normalized spacial score (nSPS) is 12.4. The van der Waals surface area contributed by atoms with Crippen molar-refractivity contribution in [3.05, 3.63) is 70.8 Å². The van der Waals surface area contributed by atoms with Crippen LogP contribution in [0.3, 0.4) is 0 Å². The van der Waals surface area contributed by atoms with Crippen molar-refractivity contribution in [2.75, 3.05) is 0 Å². The fourth-order valence-corrected chi connectivity index (χ4v) is 2.10. The molecule has 3 N–H and O–H groups in total. The molecule has 0 saturated carbocycles. The molecule has 4 heteroatoms. The Morgan fingerprint density at radius 2 is 1.84 bits per heavy atom. The van der Waals surface area contributed by atoms with E-state index in [-0.39, 0.29) is 17.7 Å². The Morgan fingerprint density at radius 3 is 2.47 bits per heavy atom. The second-order valence-corrected chi connectivity index (χ2v) is 4.55. The third-order valence-electron chi connectivity index (χ3n) is 3.18. The Hall–Kier alpha value is -1.78. The van der Waals surface area contributed by atoms with E-state index in [0.29, 0.717) is 6.42 Å². The fourth-order valence-electron chi connectivity index (χ4n) is 2.10. The molecule has 0 saturated heterocycles. The van der Waals surface area contributed by atoms with Crippen LogP contribution in [-0.2, 0) is 6.42 Å². The van der Waals surface area contributed by atoms with Gasteiger partial charge in [-0.2, -0.15) is 0 Å². The summed E-state index contributed by atoms with van der Waals surface area (Å²) in [5.41, 5.74) is 5.28. The topological polar surface area (TPSA) is 38.0 Å². The Bertz CT molecular complexity index is 570. The van der Waals surface area contributed by atoms with E-state index in [0.717, 1.165) is 16.7 Å². The quantitative estimate of drug-likeness (QED) is 0.656. The Kier molecular flexibility index (Phi) is 4.24. The zero-order chi connectivity index (χ0) is 13.8. The molecule has 0 radical (unpaired) electrons. The van der Waals surface area contributed by atoms with Crippen molar-refractivity contribution in [1.82, 2.24) is 5.43 Å². The fraction of sp³-hybridized carbons (Fsp3) is 0.200. The summed E-state index contributed by atoms with van der Waals surface area (Å²) < 4.78 is 26.3. The van der Waals surface area contributed by atoms with Gasteiger partial charge in [-0.05, 0) is 54.3 Å². The molecule has 2 nitrogen and oxygen atoms in total. The van der Waals surface area contributed by atoms with Gasteiger partial charge < -0.3 is 0 Å². The first-order valence-electron chi connectivity index (χ1n) is 6.07. The lowest BCUT2D eigenvalue weighted by Gasteiger charge is -2.17. The third-order valence-corrected chi connectivity index (χ3v) is 3.18. The Balaban J connectivity index is 2.24. The number of rotatable bonds is 4. The number of hydrogen-bond donors (Lipinski definition) is 2. The smallest absolute Gasteiger partial charge is 0.123 e. The molecule has 1 atom stereocenters. The summed E-state index contributed by atoms with van der Waals surface area (Å²) >= 11 is 0. The van der Waals surface area contributed by atoms with Gasteiger partial charge in [-0.15, -0.1) is 0 Å². The summed E-state index contributed by atoms with van der Waals surface area (Å²) in [6.45, 7) is 1.84. The minimum Gasteiger partial charge on any atom is -0.271 e. The molecule has 0 amide bonds. The molecule has 0 aromatic heterocycles. The summed E-state index contributed by atoms with van der Waals surface area (Å²) in [6.07, 6.45) is 0.575. The maximum Gasteiger partial charge on any atom is 0.123 e. The monoisotopic (exact) mass is 262 g/mol.